The Balaban J connectivity index is 2.46. The van der Waals surface area contributed by atoms with Gasteiger partial charge in [-0.25, -0.2) is 0 Å². The summed E-state index contributed by atoms with van der Waals surface area (Å²) in [6, 6.07) is 3.54. The van der Waals surface area contributed by atoms with Crippen LogP contribution in [0, 0.1) is 11.3 Å². The number of aromatic hydroxyl groups is 2. The summed E-state index contributed by atoms with van der Waals surface area (Å²) in [4.78, 5) is 0. The summed E-state index contributed by atoms with van der Waals surface area (Å²) in [5, 5.41) is 32.9. The first-order valence-corrected chi connectivity index (χ1v) is 5.05. The average molecular weight is 215 g/mol. The average Bonchev–Trinajstić information content (AvgIpc) is 2.96. The van der Waals surface area contributed by atoms with Crippen LogP contribution in [0.3, 0.4) is 0 Å². The molecule has 1 aliphatic carbocycles. The number of fused-ring (bicyclic) bond motifs is 1. The smallest absolute Gasteiger partial charge is 0.219 e. The van der Waals surface area contributed by atoms with Crippen molar-refractivity contribution in [1.82, 2.24) is 9.61 Å². The van der Waals surface area contributed by atoms with E-state index in [-0.39, 0.29) is 23.1 Å². The first kappa shape index (κ1) is 9.04. The predicted octanol–water partition coefficient (Wildman–Crippen LogP) is 1.49. The lowest BCUT2D eigenvalue weighted by Gasteiger charge is -2.09. The largest absolute Gasteiger partial charge is 0.506 e. The molecule has 0 atom stereocenters. The van der Waals surface area contributed by atoms with E-state index in [1.807, 2.05) is 6.07 Å². The van der Waals surface area contributed by atoms with Gasteiger partial charge in [0.1, 0.15) is 17.4 Å². The molecule has 2 heterocycles. The van der Waals surface area contributed by atoms with E-state index < -0.39 is 0 Å². The zero-order valence-corrected chi connectivity index (χ0v) is 8.38. The Morgan fingerprint density at radius 2 is 2.19 bits per heavy atom. The fraction of sp³-hybridized carbons (Fsp3) is 0.273. The van der Waals surface area contributed by atoms with E-state index in [9.17, 15) is 10.2 Å². The molecule has 0 aromatic carbocycles. The van der Waals surface area contributed by atoms with Crippen molar-refractivity contribution < 1.29 is 10.2 Å². The molecule has 0 aliphatic heterocycles. The molecule has 80 valence electrons. The second-order valence-electron chi connectivity index (χ2n) is 3.98. The molecule has 0 spiro atoms. The minimum Gasteiger partial charge on any atom is -0.506 e. The lowest BCUT2D eigenvalue weighted by atomic mass is 10.1. The molecular weight excluding hydrogens is 206 g/mol. The monoisotopic (exact) mass is 215 g/mol. The summed E-state index contributed by atoms with van der Waals surface area (Å²) in [5.41, 5.74) is 1.06. The highest BCUT2D eigenvalue weighted by atomic mass is 16.3. The van der Waals surface area contributed by atoms with Gasteiger partial charge in [-0.1, -0.05) is 0 Å². The molecule has 1 aliphatic rings. The molecule has 16 heavy (non-hydrogen) atoms. The SMILES string of the molecule is N#Cc1c(O)c(C2CC2)c(O)n2nccc12. The molecule has 2 aromatic heterocycles. The molecule has 1 saturated carbocycles. The summed E-state index contributed by atoms with van der Waals surface area (Å²) in [7, 11) is 0. The van der Waals surface area contributed by atoms with E-state index in [0.717, 1.165) is 12.8 Å². The van der Waals surface area contributed by atoms with Crippen LogP contribution in [0.1, 0.15) is 29.9 Å². The molecule has 5 heteroatoms. The van der Waals surface area contributed by atoms with E-state index in [1.54, 1.807) is 6.07 Å². The minimum atomic E-state index is -0.101. The highest BCUT2D eigenvalue weighted by molar-refractivity contribution is 5.70. The third-order valence-corrected chi connectivity index (χ3v) is 2.93. The van der Waals surface area contributed by atoms with Gasteiger partial charge < -0.3 is 10.2 Å². The van der Waals surface area contributed by atoms with Crippen LogP contribution in [0.5, 0.6) is 11.6 Å². The standard InChI is InChI=1S/C11H9N3O2/c12-5-7-8-3-4-13-14(8)11(16)9(10(7)15)6-1-2-6/h3-4,6,15-16H,1-2H2. The van der Waals surface area contributed by atoms with Crippen LogP contribution < -0.4 is 0 Å². The number of nitrogens with zero attached hydrogens (tertiary/aromatic N) is 3. The molecule has 0 unspecified atom stereocenters. The van der Waals surface area contributed by atoms with Crippen LogP contribution in [-0.4, -0.2) is 19.8 Å². The molecule has 0 amide bonds. The maximum Gasteiger partial charge on any atom is 0.219 e. The van der Waals surface area contributed by atoms with Gasteiger partial charge in [0.25, 0.3) is 0 Å². The fourth-order valence-electron chi connectivity index (χ4n) is 2.00. The van der Waals surface area contributed by atoms with E-state index in [2.05, 4.69) is 5.10 Å². The van der Waals surface area contributed by atoms with Crippen LogP contribution in [0.4, 0.5) is 0 Å². The van der Waals surface area contributed by atoms with Crippen LogP contribution in [-0.2, 0) is 0 Å². The highest BCUT2D eigenvalue weighted by Gasteiger charge is 2.33. The first-order chi connectivity index (χ1) is 7.74. The predicted molar refractivity (Wildman–Crippen MR) is 55.2 cm³/mol. The van der Waals surface area contributed by atoms with E-state index in [1.165, 1.54) is 10.7 Å². The third kappa shape index (κ3) is 1.01. The highest BCUT2D eigenvalue weighted by Crippen LogP contribution is 2.49. The van der Waals surface area contributed by atoms with E-state index >= 15 is 0 Å². The van der Waals surface area contributed by atoms with Gasteiger partial charge in [0, 0.05) is 0 Å². The zero-order valence-electron chi connectivity index (χ0n) is 8.38. The molecule has 1 fully saturated rings. The third-order valence-electron chi connectivity index (χ3n) is 2.93. The van der Waals surface area contributed by atoms with Gasteiger partial charge >= 0.3 is 0 Å². The van der Waals surface area contributed by atoms with Crippen molar-refractivity contribution in [3.05, 3.63) is 23.4 Å². The number of aromatic nitrogens is 2. The molecule has 5 nitrogen and oxygen atoms in total. The summed E-state index contributed by atoms with van der Waals surface area (Å²) in [6.07, 6.45) is 3.35. The number of hydrogen-bond donors (Lipinski definition) is 2. The van der Waals surface area contributed by atoms with Crippen molar-refractivity contribution in [2.45, 2.75) is 18.8 Å². The van der Waals surface area contributed by atoms with Crippen molar-refractivity contribution >= 4 is 5.52 Å². The quantitative estimate of drug-likeness (QED) is 0.755. The zero-order chi connectivity index (χ0) is 11.3. The number of nitriles is 1. The molecule has 0 radical (unpaired) electrons. The van der Waals surface area contributed by atoms with Gasteiger partial charge in [0.15, 0.2) is 0 Å². The Labute approximate surface area is 91.2 Å². The van der Waals surface area contributed by atoms with Gasteiger partial charge in [-0.3, -0.25) is 0 Å². The second-order valence-corrected chi connectivity index (χ2v) is 3.98. The number of rotatable bonds is 1. The maximum atomic E-state index is 9.98. The summed E-state index contributed by atoms with van der Waals surface area (Å²) in [6.45, 7) is 0. The van der Waals surface area contributed by atoms with Crippen LogP contribution in [0.2, 0.25) is 0 Å². The molecule has 0 bridgehead atoms. The molecule has 3 rings (SSSR count). The number of hydrogen-bond acceptors (Lipinski definition) is 4. The molecular formula is C11H9N3O2. The topological polar surface area (TPSA) is 81.5 Å². The Morgan fingerprint density at radius 3 is 2.81 bits per heavy atom. The number of pyridine rings is 1. The minimum absolute atomic E-state index is 0.0565. The van der Waals surface area contributed by atoms with Gasteiger partial charge in [-0.05, 0) is 24.8 Å². The van der Waals surface area contributed by atoms with E-state index in [4.69, 9.17) is 5.26 Å². The summed E-state index contributed by atoms with van der Waals surface area (Å²) >= 11 is 0. The Kier molecular flexibility index (Phi) is 1.63. The Hall–Kier alpha value is -2.22. The van der Waals surface area contributed by atoms with Gasteiger partial charge in [-0.2, -0.15) is 14.9 Å². The summed E-state index contributed by atoms with van der Waals surface area (Å²) in [5.74, 6) is -0.00444. The summed E-state index contributed by atoms with van der Waals surface area (Å²) < 4.78 is 1.30. The maximum absolute atomic E-state index is 9.98. The molecule has 0 saturated heterocycles. The van der Waals surface area contributed by atoms with Crippen molar-refractivity contribution in [3.63, 3.8) is 0 Å². The van der Waals surface area contributed by atoms with Gasteiger partial charge in [0.05, 0.1) is 17.3 Å². The Morgan fingerprint density at radius 1 is 1.44 bits per heavy atom. The molecule has 2 N–H and O–H groups in total. The van der Waals surface area contributed by atoms with Gasteiger partial charge in [0.2, 0.25) is 5.88 Å². The lowest BCUT2D eigenvalue weighted by Crippen LogP contribution is -1.97. The van der Waals surface area contributed by atoms with Crippen molar-refractivity contribution in [3.8, 4) is 17.7 Å². The Bertz CT molecular complexity index is 620. The van der Waals surface area contributed by atoms with Crippen LogP contribution in [0.25, 0.3) is 5.52 Å². The van der Waals surface area contributed by atoms with Gasteiger partial charge in [-0.15, -0.1) is 0 Å². The van der Waals surface area contributed by atoms with E-state index in [0.29, 0.717) is 11.1 Å². The lowest BCUT2D eigenvalue weighted by molar-refractivity contribution is 0.411. The van der Waals surface area contributed by atoms with Crippen molar-refractivity contribution in [2.24, 2.45) is 0 Å². The van der Waals surface area contributed by atoms with Crippen LogP contribution >= 0.6 is 0 Å². The molecule has 2 aromatic rings. The van der Waals surface area contributed by atoms with Crippen molar-refractivity contribution in [1.29, 1.82) is 5.26 Å². The second kappa shape index (κ2) is 2.89. The normalized spacial score (nSPS) is 15.2. The fourth-order valence-corrected chi connectivity index (χ4v) is 2.00. The van der Waals surface area contributed by atoms with Crippen molar-refractivity contribution in [2.75, 3.05) is 0 Å². The first-order valence-electron chi connectivity index (χ1n) is 5.05. The van der Waals surface area contributed by atoms with Crippen LogP contribution in [0.15, 0.2) is 12.3 Å².